The molecule has 0 radical (unpaired) electrons. The van der Waals surface area contributed by atoms with Gasteiger partial charge in [-0.1, -0.05) is 36.4 Å². The molecule has 2 aromatic heterocycles. The zero-order valence-electron chi connectivity index (χ0n) is 17.4. The Kier molecular flexibility index (Phi) is 5.78. The number of hydrogen-bond acceptors (Lipinski definition) is 6. The molecule has 4 rings (SSSR count). The Hall–Kier alpha value is -4.30. The van der Waals surface area contributed by atoms with Crippen molar-refractivity contribution in [1.82, 2.24) is 15.4 Å². The van der Waals surface area contributed by atoms with Crippen molar-refractivity contribution < 1.29 is 19.5 Å². The molecular formula is C24H20N4O4. The topological polar surface area (TPSA) is 113 Å². The number of hydroxylamine groups is 1. The van der Waals surface area contributed by atoms with Crippen LogP contribution in [0, 0.1) is 0 Å². The molecule has 0 fully saturated rings. The first-order valence-electron chi connectivity index (χ1n) is 9.76. The third kappa shape index (κ3) is 3.99. The van der Waals surface area contributed by atoms with E-state index in [2.05, 4.69) is 15.3 Å². The molecule has 0 saturated heterocycles. The molecule has 0 aliphatic heterocycles. The lowest BCUT2D eigenvalue weighted by Gasteiger charge is -2.15. The number of methoxy groups -OCH3 is 1. The summed E-state index contributed by atoms with van der Waals surface area (Å²) in [5.74, 6) is -0.590. The number of nitrogens with one attached hydrogen (secondary N) is 2. The standard InChI is InChI=1S/C24H20N4O4/c1-14(29)26-18-9-7-16(8-10-18)15-3-5-17(6-4-15)22-23(32-2)21(24(30)28-31)19-13-25-12-11-20(19)27-22/h3-13,31H,1-2H3,(H,26,29)(H,28,30). The first-order chi connectivity index (χ1) is 15.5. The van der Waals surface area contributed by atoms with Crippen LogP contribution in [0.5, 0.6) is 5.75 Å². The molecular weight excluding hydrogens is 408 g/mol. The molecule has 4 aromatic rings. The summed E-state index contributed by atoms with van der Waals surface area (Å²) < 4.78 is 5.52. The summed E-state index contributed by atoms with van der Waals surface area (Å²) in [7, 11) is 1.45. The van der Waals surface area contributed by atoms with Crippen LogP contribution in [-0.4, -0.2) is 34.1 Å². The highest BCUT2D eigenvalue weighted by atomic mass is 16.5. The number of aromatic nitrogens is 2. The summed E-state index contributed by atoms with van der Waals surface area (Å²) in [6.07, 6.45) is 3.09. The fourth-order valence-corrected chi connectivity index (χ4v) is 3.53. The predicted octanol–water partition coefficient (Wildman–Crippen LogP) is 4.05. The van der Waals surface area contributed by atoms with Crippen LogP contribution in [0.4, 0.5) is 5.69 Å². The zero-order valence-corrected chi connectivity index (χ0v) is 17.4. The van der Waals surface area contributed by atoms with Gasteiger partial charge in [-0.05, 0) is 29.3 Å². The van der Waals surface area contributed by atoms with E-state index < -0.39 is 5.91 Å². The summed E-state index contributed by atoms with van der Waals surface area (Å²) >= 11 is 0. The van der Waals surface area contributed by atoms with Crippen LogP contribution in [0.3, 0.4) is 0 Å². The Morgan fingerprint density at radius 1 is 0.938 bits per heavy atom. The van der Waals surface area contributed by atoms with Gasteiger partial charge >= 0.3 is 0 Å². The van der Waals surface area contributed by atoms with Gasteiger partial charge in [0.1, 0.15) is 5.69 Å². The number of hydrogen-bond donors (Lipinski definition) is 3. The second kappa shape index (κ2) is 8.83. The van der Waals surface area contributed by atoms with Gasteiger partial charge < -0.3 is 10.1 Å². The summed E-state index contributed by atoms with van der Waals surface area (Å²) in [5, 5.41) is 12.5. The monoisotopic (exact) mass is 428 g/mol. The lowest BCUT2D eigenvalue weighted by molar-refractivity contribution is -0.114. The molecule has 160 valence electrons. The Bertz CT molecular complexity index is 1300. The Labute approximate surface area is 183 Å². The number of fused-ring (bicyclic) bond motifs is 1. The minimum Gasteiger partial charge on any atom is -0.494 e. The third-order valence-corrected chi connectivity index (χ3v) is 4.97. The summed E-state index contributed by atoms with van der Waals surface area (Å²) in [6, 6.07) is 16.9. The van der Waals surface area contributed by atoms with Crippen molar-refractivity contribution in [1.29, 1.82) is 0 Å². The van der Waals surface area contributed by atoms with Crippen LogP contribution in [-0.2, 0) is 4.79 Å². The Balaban J connectivity index is 1.76. The van der Waals surface area contributed by atoms with Crippen LogP contribution in [0.15, 0.2) is 67.0 Å². The summed E-state index contributed by atoms with van der Waals surface area (Å²) in [5.41, 5.74) is 6.27. The van der Waals surface area contributed by atoms with E-state index in [0.717, 1.165) is 22.4 Å². The fourth-order valence-electron chi connectivity index (χ4n) is 3.53. The smallest absolute Gasteiger partial charge is 0.279 e. The van der Waals surface area contributed by atoms with Gasteiger partial charge in [0.2, 0.25) is 5.91 Å². The molecule has 8 nitrogen and oxygen atoms in total. The summed E-state index contributed by atoms with van der Waals surface area (Å²) in [4.78, 5) is 32.3. The van der Waals surface area contributed by atoms with Gasteiger partial charge in [-0.25, -0.2) is 10.5 Å². The molecule has 3 N–H and O–H groups in total. The number of rotatable bonds is 5. The SMILES string of the molecule is COc1c(-c2ccc(-c3ccc(NC(C)=O)cc3)cc2)nc2ccncc2c1C(=O)NO. The van der Waals surface area contributed by atoms with E-state index in [1.54, 1.807) is 17.7 Å². The largest absolute Gasteiger partial charge is 0.494 e. The molecule has 8 heteroatoms. The van der Waals surface area contributed by atoms with E-state index in [1.807, 2.05) is 48.5 Å². The highest BCUT2D eigenvalue weighted by Gasteiger charge is 2.22. The maximum Gasteiger partial charge on any atom is 0.279 e. The molecule has 2 amide bonds. The molecule has 2 heterocycles. The highest BCUT2D eigenvalue weighted by Crippen LogP contribution is 2.36. The molecule has 0 bridgehead atoms. The first-order valence-corrected chi connectivity index (χ1v) is 9.76. The number of pyridine rings is 2. The van der Waals surface area contributed by atoms with Crippen molar-refractivity contribution in [3.05, 3.63) is 72.6 Å². The number of amides is 2. The number of ether oxygens (including phenoxy) is 1. The normalized spacial score (nSPS) is 10.6. The van der Waals surface area contributed by atoms with E-state index in [9.17, 15) is 14.8 Å². The zero-order chi connectivity index (χ0) is 22.7. The summed E-state index contributed by atoms with van der Waals surface area (Å²) in [6.45, 7) is 1.47. The molecule has 0 saturated carbocycles. The average Bonchev–Trinajstić information content (AvgIpc) is 2.82. The maximum atomic E-state index is 12.4. The van der Waals surface area contributed by atoms with Crippen molar-refractivity contribution in [3.8, 4) is 28.1 Å². The van der Waals surface area contributed by atoms with Crippen molar-refractivity contribution in [2.24, 2.45) is 0 Å². The molecule has 0 unspecified atom stereocenters. The number of carbonyl (C=O) groups is 2. The number of benzene rings is 2. The van der Waals surface area contributed by atoms with Gasteiger partial charge in [0.05, 0.1) is 18.2 Å². The van der Waals surface area contributed by atoms with Gasteiger partial charge in [-0.2, -0.15) is 0 Å². The predicted molar refractivity (Wildman–Crippen MR) is 121 cm³/mol. The molecule has 0 aliphatic carbocycles. The minimum atomic E-state index is -0.709. The second-order valence-electron chi connectivity index (χ2n) is 7.04. The van der Waals surface area contributed by atoms with E-state index in [-0.39, 0.29) is 17.2 Å². The van der Waals surface area contributed by atoms with E-state index in [0.29, 0.717) is 16.6 Å². The van der Waals surface area contributed by atoms with Crippen LogP contribution >= 0.6 is 0 Å². The van der Waals surface area contributed by atoms with Gasteiger partial charge in [-0.3, -0.25) is 19.8 Å². The number of anilines is 1. The molecule has 2 aromatic carbocycles. The third-order valence-electron chi connectivity index (χ3n) is 4.97. The number of carbonyl (C=O) groups excluding carboxylic acids is 2. The average molecular weight is 428 g/mol. The van der Waals surface area contributed by atoms with Gasteiger partial charge in [0.15, 0.2) is 5.75 Å². The highest BCUT2D eigenvalue weighted by molar-refractivity contribution is 6.09. The fraction of sp³-hybridized carbons (Fsp3) is 0.0833. The maximum absolute atomic E-state index is 12.4. The van der Waals surface area contributed by atoms with Gasteiger partial charge in [-0.15, -0.1) is 0 Å². The van der Waals surface area contributed by atoms with E-state index in [1.165, 1.54) is 20.2 Å². The van der Waals surface area contributed by atoms with E-state index in [4.69, 9.17) is 4.74 Å². The first kappa shape index (κ1) is 21.0. The Morgan fingerprint density at radius 2 is 1.56 bits per heavy atom. The Morgan fingerprint density at radius 3 is 2.16 bits per heavy atom. The lowest BCUT2D eigenvalue weighted by Crippen LogP contribution is -2.20. The van der Waals surface area contributed by atoms with Crippen molar-refractivity contribution in [2.45, 2.75) is 6.92 Å². The minimum absolute atomic E-state index is 0.121. The van der Waals surface area contributed by atoms with Crippen molar-refractivity contribution in [3.63, 3.8) is 0 Å². The van der Waals surface area contributed by atoms with Crippen molar-refractivity contribution >= 4 is 28.4 Å². The van der Waals surface area contributed by atoms with Crippen LogP contribution in [0.1, 0.15) is 17.3 Å². The molecule has 0 aliphatic rings. The van der Waals surface area contributed by atoms with E-state index >= 15 is 0 Å². The second-order valence-corrected chi connectivity index (χ2v) is 7.04. The molecule has 32 heavy (non-hydrogen) atoms. The van der Waals surface area contributed by atoms with Crippen LogP contribution in [0.25, 0.3) is 33.3 Å². The van der Waals surface area contributed by atoms with Gasteiger partial charge in [0.25, 0.3) is 5.91 Å². The molecule has 0 atom stereocenters. The number of nitrogens with zero attached hydrogens (tertiary/aromatic N) is 2. The van der Waals surface area contributed by atoms with Crippen LogP contribution < -0.4 is 15.5 Å². The molecule has 0 spiro atoms. The van der Waals surface area contributed by atoms with Crippen molar-refractivity contribution in [2.75, 3.05) is 12.4 Å². The van der Waals surface area contributed by atoms with Gasteiger partial charge in [0, 0.05) is 36.0 Å². The lowest BCUT2D eigenvalue weighted by atomic mass is 9.99. The quantitative estimate of drug-likeness (QED) is 0.326. The van der Waals surface area contributed by atoms with Crippen LogP contribution in [0.2, 0.25) is 0 Å².